The maximum Gasteiger partial charge on any atom is 0.414 e. The Balaban J connectivity index is 1.68. The van der Waals surface area contributed by atoms with E-state index >= 15 is 0 Å². The number of anilines is 3. The molecule has 0 bridgehead atoms. The molecule has 1 heterocycles. The van der Waals surface area contributed by atoms with Crippen molar-refractivity contribution in [2.75, 3.05) is 29.6 Å². The Bertz CT molecular complexity index is 991. The lowest BCUT2D eigenvalue weighted by atomic mass is 10.2. The summed E-state index contributed by atoms with van der Waals surface area (Å²) >= 11 is 0. The fourth-order valence-electron chi connectivity index (χ4n) is 2.53. The van der Waals surface area contributed by atoms with Gasteiger partial charge in [-0.05, 0) is 36.4 Å². The van der Waals surface area contributed by atoms with Gasteiger partial charge in [-0.1, -0.05) is 18.2 Å². The van der Waals surface area contributed by atoms with Crippen molar-refractivity contribution in [1.82, 2.24) is 0 Å². The van der Waals surface area contributed by atoms with Crippen molar-refractivity contribution >= 4 is 33.3 Å². The quantitative estimate of drug-likeness (QED) is 0.754. The van der Waals surface area contributed by atoms with E-state index in [0.717, 1.165) is 6.26 Å². The Kier molecular flexibility index (Phi) is 5.43. The molecule has 1 aliphatic heterocycles. The third-order valence-corrected chi connectivity index (χ3v) is 4.36. The minimum atomic E-state index is -3.60. The Morgan fingerprint density at radius 1 is 1.11 bits per heavy atom. The lowest BCUT2D eigenvalue weighted by molar-refractivity contribution is 0.107. The van der Waals surface area contributed by atoms with Gasteiger partial charge < -0.3 is 10.1 Å². The zero-order chi connectivity index (χ0) is 19.4. The first-order chi connectivity index (χ1) is 12.8. The number of amides is 1. The smallest absolute Gasteiger partial charge is 0.414 e. The van der Waals surface area contributed by atoms with Gasteiger partial charge in [0.1, 0.15) is 12.7 Å². The van der Waals surface area contributed by atoms with Crippen LogP contribution in [0.5, 0.6) is 0 Å². The van der Waals surface area contributed by atoms with E-state index < -0.39 is 22.3 Å². The highest BCUT2D eigenvalue weighted by Crippen LogP contribution is 2.24. The van der Waals surface area contributed by atoms with E-state index in [0.29, 0.717) is 17.1 Å². The predicted octanol–water partition coefficient (Wildman–Crippen LogP) is 2.09. The van der Waals surface area contributed by atoms with Crippen LogP contribution in [-0.2, 0) is 19.0 Å². The van der Waals surface area contributed by atoms with Crippen molar-refractivity contribution in [3.63, 3.8) is 0 Å². The molecule has 0 saturated carbocycles. The molecule has 2 aromatic rings. The van der Waals surface area contributed by atoms with Gasteiger partial charge in [-0.15, -0.1) is 0 Å². The number of benzene rings is 1. The number of carbonyl (C=O) groups is 1. The second-order valence-electron chi connectivity index (χ2n) is 5.97. The molecule has 0 spiro atoms. The summed E-state index contributed by atoms with van der Waals surface area (Å²) in [5.74, 6) is 0. The van der Waals surface area contributed by atoms with Gasteiger partial charge in [-0.25, -0.2) is 4.79 Å². The first-order valence-corrected chi connectivity index (χ1v) is 9.92. The van der Waals surface area contributed by atoms with Crippen molar-refractivity contribution in [2.45, 2.75) is 6.10 Å². The number of hydrogen-bond acceptors (Lipinski definition) is 7. The summed E-state index contributed by atoms with van der Waals surface area (Å²) in [7, 11) is -3.60. The average Bonchev–Trinajstić information content (AvgIpc) is 2.87. The predicted molar refractivity (Wildman–Crippen MR) is 101 cm³/mol. The number of rotatable bonds is 6. The Labute approximate surface area is 156 Å². The number of nitrogens with zero attached hydrogens (tertiary/aromatic N) is 1. The maximum atomic E-state index is 12.0. The largest absolute Gasteiger partial charge is 0.441 e. The van der Waals surface area contributed by atoms with Crippen molar-refractivity contribution in [3.8, 4) is 0 Å². The lowest BCUT2D eigenvalue weighted by Crippen LogP contribution is -2.26. The monoisotopic (exact) mass is 390 g/mol. The van der Waals surface area contributed by atoms with Gasteiger partial charge in [0.15, 0.2) is 0 Å². The van der Waals surface area contributed by atoms with Crippen molar-refractivity contribution in [3.05, 3.63) is 64.8 Å². The van der Waals surface area contributed by atoms with Crippen molar-refractivity contribution in [1.29, 1.82) is 0 Å². The molecule has 1 atom stereocenters. The summed E-state index contributed by atoms with van der Waals surface area (Å²) in [5, 5.41) is 3.03. The molecule has 1 aliphatic rings. The summed E-state index contributed by atoms with van der Waals surface area (Å²) in [6.07, 6.45) is -0.306. The third kappa shape index (κ3) is 5.05. The molecule has 0 unspecified atom stereocenters. The van der Waals surface area contributed by atoms with Crippen LogP contribution in [-0.4, -0.2) is 40.0 Å². The summed E-state index contributed by atoms with van der Waals surface area (Å²) in [4.78, 5) is 25.3. The number of carbonyl (C=O) groups excluding carboxylic acids is 1. The SMILES string of the molecule is CS(=O)(=O)OC[C@H]1CN(c2ccc(Nc3cccccc3=O)cc2)C(=O)O1. The summed E-state index contributed by atoms with van der Waals surface area (Å²) in [6.45, 7) is -0.0433. The van der Waals surface area contributed by atoms with Crippen LogP contribution in [0.3, 0.4) is 0 Å². The molecule has 1 amide bonds. The first kappa shape index (κ1) is 18.9. The van der Waals surface area contributed by atoms with Gasteiger partial charge in [0, 0.05) is 11.4 Å². The molecule has 2 aromatic carbocycles. The zero-order valence-corrected chi connectivity index (χ0v) is 15.3. The second kappa shape index (κ2) is 7.77. The van der Waals surface area contributed by atoms with Crippen molar-refractivity contribution in [2.24, 2.45) is 0 Å². The van der Waals surface area contributed by atoms with Crippen LogP contribution in [0.25, 0.3) is 0 Å². The molecular weight excluding hydrogens is 372 g/mol. The fraction of sp³-hybridized carbons (Fsp3) is 0.222. The van der Waals surface area contributed by atoms with E-state index in [9.17, 15) is 18.0 Å². The van der Waals surface area contributed by atoms with Crippen LogP contribution in [0.4, 0.5) is 21.9 Å². The lowest BCUT2D eigenvalue weighted by Gasteiger charge is -2.14. The molecule has 8 nitrogen and oxygen atoms in total. The van der Waals surface area contributed by atoms with Gasteiger partial charge in [0.05, 0.1) is 18.5 Å². The van der Waals surface area contributed by atoms with Crippen LogP contribution >= 0.6 is 0 Å². The van der Waals surface area contributed by atoms with Crippen LogP contribution in [0.2, 0.25) is 0 Å². The van der Waals surface area contributed by atoms with Crippen LogP contribution < -0.4 is 15.6 Å². The average molecular weight is 390 g/mol. The zero-order valence-electron chi connectivity index (χ0n) is 14.5. The Morgan fingerprint density at radius 3 is 2.52 bits per heavy atom. The van der Waals surface area contributed by atoms with Gasteiger partial charge in [-0.2, -0.15) is 8.42 Å². The van der Waals surface area contributed by atoms with E-state index in [1.54, 1.807) is 48.5 Å². The number of nitrogens with one attached hydrogen (secondary N) is 1. The van der Waals surface area contributed by atoms with Gasteiger partial charge in [0.25, 0.3) is 10.1 Å². The Hall–Kier alpha value is -2.91. The molecule has 1 N–H and O–H groups in total. The molecular formula is C18H18N2O6S. The van der Waals surface area contributed by atoms with E-state index in [-0.39, 0.29) is 18.6 Å². The maximum absolute atomic E-state index is 12.0. The van der Waals surface area contributed by atoms with Crippen molar-refractivity contribution < 1.29 is 22.1 Å². The number of ether oxygens (including phenoxy) is 1. The van der Waals surface area contributed by atoms with Gasteiger partial charge in [-0.3, -0.25) is 13.9 Å². The minimum absolute atomic E-state index is 0.138. The molecule has 27 heavy (non-hydrogen) atoms. The standard InChI is InChI=1S/C18H18N2O6S/c1-27(23,24)25-12-15-11-20(18(22)26-15)14-9-7-13(8-10-14)19-16-5-3-2-4-6-17(16)21/h2-10,15H,11-12H2,1H3,(H,19,21)/t15-/m1/s1. The highest BCUT2D eigenvalue weighted by molar-refractivity contribution is 7.85. The molecule has 3 rings (SSSR count). The number of cyclic esters (lactones) is 1. The molecule has 142 valence electrons. The minimum Gasteiger partial charge on any atom is -0.441 e. The number of hydrogen-bond donors (Lipinski definition) is 1. The fourth-order valence-corrected chi connectivity index (χ4v) is 2.93. The summed E-state index contributed by atoms with van der Waals surface area (Å²) in [6, 6.07) is 15.2. The Morgan fingerprint density at radius 2 is 1.81 bits per heavy atom. The van der Waals surface area contributed by atoms with E-state index in [1.807, 2.05) is 0 Å². The highest BCUT2D eigenvalue weighted by atomic mass is 32.2. The molecule has 0 radical (unpaired) electrons. The second-order valence-corrected chi connectivity index (χ2v) is 7.61. The van der Waals surface area contributed by atoms with E-state index in [2.05, 4.69) is 9.50 Å². The van der Waals surface area contributed by atoms with Crippen LogP contribution in [0, 0.1) is 0 Å². The molecule has 0 aromatic heterocycles. The summed E-state index contributed by atoms with van der Waals surface area (Å²) < 4.78 is 31.9. The summed E-state index contributed by atoms with van der Waals surface area (Å²) in [5.41, 5.74) is 1.58. The first-order valence-electron chi connectivity index (χ1n) is 8.11. The van der Waals surface area contributed by atoms with Gasteiger partial charge >= 0.3 is 6.09 Å². The highest BCUT2D eigenvalue weighted by Gasteiger charge is 2.33. The normalized spacial score (nSPS) is 16.9. The topological polar surface area (TPSA) is 102 Å². The molecule has 0 aliphatic carbocycles. The molecule has 9 heteroatoms. The van der Waals surface area contributed by atoms with E-state index in [4.69, 9.17) is 4.74 Å². The van der Waals surface area contributed by atoms with E-state index in [1.165, 1.54) is 11.0 Å². The third-order valence-electron chi connectivity index (χ3n) is 3.80. The van der Waals surface area contributed by atoms with Gasteiger partial charge in [0.2, 0.25) is 5.43 Å². The molecule has 1 saturated heterocycles. The van der Waals surface area contributed by atoms with Crippen LogP contribution in [0.1, 0.15) is 0 Å². The van der Waals surface area contributed by atoms with Crippen LogP contribution in [0.15, 0.2) is 59.4 Å². The molecule has 1 fully saturated rings.